The van der Waals surface area contributed by atoms with E-state index in [0.29, 0.717) is 13.1 Å². The van der Waals surface area contributed by atoms with E-state index in [4.69, 9.17) is 11.6 Å². The summed E-state index contributed by atoms with van der Waals surface area (Å²) < 4.78 is 15.8. The van der Waals surface area contributed by atoms with E-state index >= 15 is 0 Å². The molecule has 1 amide bonds. The zero-order valence-electron chi connectivity index (χ0n) is 12.8. The highest BCUT2D eigenvalue weighted by Gasteiger charge is 2.40. The van der Waals surface area contributed by atoms with Crippen LogP contribution in [0.15, 0.2) is 24.7 Å². The number of nitrogens with one attached hydrogen (secondary N) is 1. The summed E-state index contributed by atoms with van der Waals surface area (Å²) in [6, 6.07) is 1.23. The van der Waals surface area contributed by atoms with E-state index in [1.165, 1.54) is 12.3 Å². The maximum absolute atomic E-state index is 14.1. The second-order valence-electron chi connectivity index (χ2n) is 5.64. The molecule has 8 heteroatoms. The maximum Gasteiger partial charge on any atom is 0.225 e. The lowest BCUT2D eigenvalue weighted by Gasteiger charge is -2.17. The van der Waals surface area contributed by atoms with Crippen LogP contribution in [0.3, 0.4) is 0 Å². The highest BCUT2D eigenvalue weighted by atomic mass is 35.5. The first kappa shape index (κ1) is 15.7. The van der Waals surface area contributed by atoms with E-state index < -0.39 is 5.82 Å². The number of carbonyl (C=O) groups excluding carboxylic acids is 1. The van der Waals surface area contributed by atoms with Gasteiger partial charge in [-0.05, 0) is 11.6 Å². The first-order valence-corrected chi connectivity index (χ1v) is 7.63. The van der Waals surface area contributed by atoms with Crippen molar-refractivity contribution in [1.82, 2.24) is 20.1 Å². The molecule has 122 valence electrons. The van der Waals surface area contributed by atoms with Crippen LogP contribution in [0.1, 0.15) is 11.5 Å². The Labute approximate surface area is 138 Å². The summed E-state index contributed by atoms with van der Waals surface area (Å²) >= 11 is 5.76. The van der Waals surface area contributed by atoms with Crippen LogP contribution in [-0.2, 0) is 11.8 Å². The average Bonchev–Trinajstić information content (AvgIpc) is 3.12. The van der Waals surface area contributed by atoms with Crippen LogP contribution in [-0.4, -0.2) is 40.8 Å². The van der Waals surface area contributed by atoms with Crippen molar-refractivity contribution in [3.63, 3.8) is 0 Å². The smallest absolute Gasteiger partial charge is 0.225 e. The van der Waals surface area contributed by atoms with Gasteiger partial charge in [-0.1, -0.05) is 11.6 Å². The van der Waals surface area contributed by atoms with Crippen molar-refractivity contribution in [2.45, 2.75) is 5.92 Å². The normalized spacial score (nSPS) is 20.8. The van der Waals surface area contributed by atoms with Gasteiger partial charge in [0.15, 0.2) is 11.6 Å². The van der Waals surface area contributed by atoms with E-state index in [1.807, 2.05) is 13.2 Å². The topological polar surface area (TPSA) is 63.1 Å². The molecule has 2 atom stereocenters. The highest BCUT2D eigenvalue weighted by molar-refractivity contribution is 6.30. The fraction of sp³-hybridized carbons (Fsp3) is 0.400. The van der Waals surface area contributed by atoms with Crippen molar-refractivity contribution in [2.75, 3.05) is 25.0 Å². The van der Waals surface area contributed by atoms with Gasteiger partial charge in [0.05, 0.1) is 17.1 Å². The molecule has 2 aromatic heterocycles. The molecule has 0 aliphatic carbocycles. The predicted octanol–water partition coefficient (Wildman–Crippen LogP) is 1.57. The number of pyridine rings is 1. The molecular weight excluding hydrogens is 321 g/mol. The van der Waals surface area contributed by atoms with E-state index in [9.17, 15) is 9.18 Å². The number of hydrogen-bond donors (Lipinski definition) is 1. The quantitative estimate of drug-likeness (QED) is 0.923. The SMILES string of the molecule is CNC(=O)[C@H]1CN(c2ncc(Cl)cc2F)C[C@@H]1c1cnn(C)c1. The molecule has 1 saturated heterocycles. The van der Waals surface area contributed by atoms with Gasteiger partial charge in [0.25, 0.3) is 0 Å². The van der Waals surface area contributed by atoms with Crippen molar-refractivity contribution in [2.24, 2.45) is 13.0 Å². The van der Waals surface area contributed by atoms with Gasteiger partial charge < -0.3 is 10.2 Å². The summed E-state index contributed by atoms with van der Waals surface area (Å²) in [6.07, 6.45) is 5.04. The van der Waals surface area contributed by atoms with Gasteiger partial charge in [-0.15, -0.1) is 0 Å². The Hall–Kier alpha value is -2.15. The zero-order valence-corrected chi connectivity index (χ0v) is 13.6. The minimum absolute atomic E-state index is 0.0690. The number of aromatic nitrogens is 3. The Kier molecular flexibility index (Phi) is 4.21. The summed E-state index contributed by atoms with van der Waals surface area (Å²) in [5.74, 6) is -0.702. The van der Waals surface area contributed by atoms with Crippen LogP contribution in [0.2, 0.25) is 5.02 Å². The summed E-state index contributed by atoms with van der Waals surface area (Å²) in [4.78, 5) is 18.1. The molecule has 0 spiro atoms. The van der Waals surface area contributed by atoms with E-state index in [1.54, 1.807) is 22.8 Å². The Balaban J connectivity index is 1.92. The van der Waals surface area contributed by atoms with Crippen LogP contribution in [0, 0.1) is 11.7 Å². The third-order valence-electron chi connectivity index (χ3n) is 4.14. The Morgan fingerprint density at radius 3 is 2.83 bits per heavy atom. The summed E-state index contributed by atoms with van der Waals surface area (Å²) in [6.45, 7) is 0.889. The van der Waals surface area contributed by atoms with Crippen LogP contribution < -0.4 is 10.2 Å². The fourth-order valence-electron chi connectivity index (χ4n) is 3.04. The van der Waals surface area contributed by atoms with Gasteiger partial charge in [-0.25, -0.2) is 9.37 Å². The predicted molar refractivity (Wildman–Crippen MR) is 84.9 cm³/mol. The fourth-order valence-corrected chi connectivity index (χ4v) is 3.18. The van der Waals surface area contributed by atoms with Gasteiger partial charge >= 0.3 is 0 Å². The molecule has 0 radical (unpaired) electrons. The maximum atomic E-state index is 14.1. The molecule has 3 heterocycles. The molecule has 3 rings (SSSR count). The highest BCUT2D eigenvalue weighted by Crippen LogP contribution is 2.35. The minimum atomic E-state index is -0.486. The van der Waals surface area contributed by atoms with Gasteiger partial charge in [0.1, 0.15) is 0 Å². The lowest BCUT2D eigenvalue weighted by Crippen LogP contribution is -2.32. The van der Waals surface area contributed by atoms with E-state index in [0.717, 1.165) is 5.56 Å². The first-order chi connectivity index (χ1) is 11.0. The Bertz CT molecular complexity index is 734. The Morgan fingerprint density at radius 1 is 1.43 bits per heavy atom. The number of hydrogen-bond acceptors (Lipinski definition) is 4. The van der Waals surface area contributed by atoms with Crippen LogP contribution in [0.25, 0.3) is 0 Å². The number of carbonyl (C=O) groups is 1. The summed E-state index contributed by atoms with van der Waals surface area (Å²) in [5, 5.41) is 7.10. The average molecular weight is 338 g/mol. The summed E-state index contributed by atoms with van der Waals surface area (Å²) in [5.41, 5.74) is 0.956. The van der Waals surface area contributed by atoms with Crippen LogP contribution in [0.5, 0.6) is 0 Å². The molecule has 0 saturated carbocycles. The van der Waals surface area contributed by atoms with Crippen LogP contribution >= 0.6 is 11.6 Å². The molecule has 0 unspecified atom stereocenters. The third kappa shape index (κ3) is 3.01. The lowest BCUT2D eigenvalue weighted by atomic mass is 9.90. The standard InChI is InChI=1S/C15H17ClFN5O/c1-18-15(23)12-8-22(14-13(17)3-10(16)5-19-14)7-11(12)9-4-20-21(2)6-9/h3-6,11-12H,7-8H2,1-2H3,(H,18,23)/t11-,12+/m1/s1. The largest absolute Gasteiger partial charge is 0.359 e. The third-order valence-corrected chi connectivity index (χ3v) is 4.35. The van der Waals surface area contributed by atoms with Gasteiger partial charge in [-0.2, -0.15) is 5.10 Å². The van der Waals surface area contributed by atoms with Gasteiger partial charge in [-0.3, -0.25) is 9.48 Å². The van der Waals surface area contributed by atoms with Gasteiger partial charge in [0.2, 0.25) is 5.91 Å². The number of amides is 1. The second-order valence-corrected chi connectivity index (χ2v) is 6.07. The van der Waals surface area contributed by atoms with Crippen molar-refractivity contribution >= 4 is 23.3 Å². The second kappa shape index (κ2) is 6.16. The van der Waals surface area contributed by atoms with E-state index in [-0.39, 0.29) is 28.6 Å². The number of aryl methyl sites for hydroxylation is 1. The van der Waals surface area contributed by atoms with Crippen molar-refractivity contribution < 1.29 is 9.18 Å². The number of nitrogens with zero attached hydrogens (tertiary/aromatic N) is 4. The number of rotatable bonds is 3. The molecule has 2 aromatic rings. The monoisotopic (exact) mass is 337 g/mol. The van der Waals surface area contributed by atoms with Crippen molar-refractivity contribution in [3.05, 3.63) is 41.1 Å². The molecule has 1 fully saturated rings. The van der Waals surface area contributed by atoms with Gasteiger partial charge in [0, 0.05) is 45.5 Å². The number of anilines is 1. The van der Waals surface area contributed by atoms with Crippen LogP contribution in [0.4, 0.5) is 10.2 Å². The summed E-state index contributed by atoms with van der Waals surface area (Å²) in [7, 11) is 3.43. The molecule has 0 bridgehead atoms. The van der Waals surface area contributed by atoms with Crippen molar-refractivity contribution in [3.8, 4) is 0 Å². The van der Waals surface area contributed by atoms with E-state index in [2.05, 4.69) is 15.4 Å². The Morgan fingerprint density at radius 2 is 2.22 bits per heavy atom. The number of halogens is 2. The molecule has 0 aromatic carbocycles. The molecular formula is C15H17ClFN5O. The van der Waals surface area contributed by atoms with Crippen molar-refractivity contribution in [1.29, 1.82) is 0 Å². The molecule has 1 N–H and O–H groups in total. The molecule has 1 aliphatic rings. The zero-order chi connectivity index (χ0) is 16.6. The lowest BCUT2D eigenvalue weighted by molar-refractivity contribution is -0.124. The molecule has 6 nitrogen and oxygen atoms in total. The minimum Gasteiger partial charge on any atom is -0.359 e. The first-order valence-electron chi connectivity index (χ1n) is 7.25. The molecule has 1 aliphatic heterocycles. The molecule has 23 heavy (non-hydrogen) atoms.